The highest BCUT2D eigenvalue weighted by Crippen LogP contribution is 2.22. The molecular formula is C14H21N3O. The maximum Gasteiger partial charge on any atom is 0.254 e. The smallest absolute Gasteiger partial charge is 0.254 e. The molecule has 4 nitrogen and oxygen atoms in total. The van der Waals surface area contributed by atoms with Gasteiger partial charge in [-0.3, -0.25) is 4.79 Å². The lowest BCUT2D eigenvalue weighted by molar-refractivity contribution is 0.0398. The Balaban J connectivity index is 2.14. The minimum atomic E-state index is 0.119. The van der Waals surface area contributed by atoms with Crippen LogP contribution < -0.4 is 5.73 Å². The monoisotopic (exact) mass is 247 g/mol. The van der Waals surface area contributed by atoms with Crippen LogP contribution in [0.1, 0.15) is 21.5 Å². The molecule has 2 rings (SSSR count). The summed E-state index contributed by atoms with van der Waals surface area (Å²) in [6.45, 7) is 5.50. The van der Waals surface area contributed by atoms with Crippen LogP contribution >= 0.6 is 0 Å². The van der Waals surface area contributed by atoms with Gasteiger partial charge in [-0.05, 0) is 51.2 Å². The van der Waals surface area contributed by atoms with E-state index in [-0.39, 0.29) is 5.91 Å². The standard InChI is InChI=1S/C14H21N3O/c1-9-6-13(15)10(2)5-12(9)14(18)17-7-11(8-17)16(3)4/h5-6,11H,7-8,15H2,1-4H3. The lowest BCUT2D eigenvalue weighted by Gasteiger charge is -2.43. The van der Waals surface area contributed by atoms with Crippen molar-refractivity contribution in [3.05, 3.63) is 28.8 Å². The van der Waals surface area contributed by atoms with Gasteiger partial charge in [0.2, 0.25) is 0 Å². The molecule has 1 heterocycles. The molecule has 0 bridgehead atoms. The molecular weight excluding hydrogens is 226 g/mol. The molecule has 4 heteroatoms. The van der Waals surface area contributed by atoms with Crippen LogP contribution in [0.5, 0.6) is 0 Å². The number of benzene rings is 1. The summed E-state index contributed by atoms with van der Waals surface area (Å²) in [5.74, 6) is 0.119. The number of likely N-dealkylation sites (tertiary alicyclic amines) is 1. The molecule has 1 aliphatic rings. The molecule has 98 valence electrons. The van der Waals surface area contributed by atoms with Gasteiger partial charge >= 0.3 is 0 Å². The quantitative estimate of drug-likeness (QED) is 0.801. The van der Waals surface area contributed by atoms with Crippen molar-refractivity contribution >= 4 is 11.6 Å². The largest absolute Gasteiger partial charge is 0.399 e. The second-order valence-electron chi connectivity index (χ2n) is 5.35. The van der Waals surface area contributed by atoms with Gasteiger partial charge in [-0.1, -0.05) is 0 Å². The number of rotatable bonds is 2. The number of likely N-dealkylation sites (N-methyl/N-ethyl adjacent to an activating group) is 1. The first-order valence-electron chi connectivity index (χ1n) is 6.22. The fourth-order valence-corrected chi connectivity index (χ4v) is 2.19. The molecule has 0 radical (unpaired) electrons. The average molecular weight is 247 g/mol. The Morgan fingerprint density at radius 3 is 2.44 bits per heavy atom. The molecule has 18 heavy (non-hydrogen) atoms. The van der Waals surface area contributed by atoms with E-state index in [1.807, 2.05) is 45.0 Å². The van der Waals surface area contributed by atoms with Gasteiger partial charge in [-0.2, -0.15) is 0 Å². The van der Waals surface area contributed by atoms with Crippen molar-refractivity contribution in [1.82, 2.24) is 9.80 Å². The Morgan fingerprint density at radius 1 is 1.28 bits per heavy atom. The molecule has 1 aromatic rings. The van der Waals surface area contributed by atoms with Crippen molar-refractivity contribution in [2.45, 2.75) is 19.9 Å². The Hall–Kier alpha value is -1.55. The molecule has 2 N–H and O–H groups in total. The lowest BCUT2D eigenvalue weighted by atomic mass is 10.00. The van der Waals surface area contributed by atoms with Gasteiger partial charge in [-0.15, -0.1) is 0 Å². The summed E-state index contributed by atoms with van der Waals surface area (Å²) in [5.41, 5.74) is 9.29. The number of anilines is 1. The number of nitrogen functional groups attached to an aromatic ring is 1. The Labute approximate surface area is 108 Å². The van der Waals surface area contributed by atoms with Crippen molar-refractivity contribution in [1.29, 1.82) is 0 Å². The fourth-order valence-electron chi connectivity index (χ4n) is 2.19. The van der Waals surface area contributed by atoms with E-state index in [1.165, 1.54) is 0 Å². The first kappa shape index (κ1) is 12.9. The molecule has 0 aliphatic carbocycles. The highest BCUT2D eigenvalue weighted by atomic mass is 16.2. The van der Waals surface area contributed by atoms with Crippen LogP contribution in [-0.4, -0.2) is 48.9 Å². The maximum absolute atomic E-state index is 12.3. The van der Waals surface area contributed by atoms with Crippen LogP contribution in [0.3, 0.4) is 0 Å². The van der Waals surface area contributed by atoms with Crippen molar-refractivity contribution < 1.29 is 4.79 Å². The zero-order valence-electron chi connectivity index (χ0n) is 11.5. The van der Waals surface area contributed by atoms with Gasteiger partial charge in [0.05, 0.1) is 0 Å². The first-order valence-corrected chi connectivity index (χ1v) is 6.22. The number of carbonyl (C=O) groups is 1. The predicted molar refractivity (Wildman–Crippen MR) is 73.7 cm³/mol. The number of carbonyl (C=O) groups excluding carboxylic acids is 1. The Kier molecular flexibility index (Phi) is 3.30. The number of nitrogens with two attached hydrogens (primary N) is 1. The van der Waals surface area contributed by atoms with Gasteiger partial charge in [0.15, 0.2) is 0 Å². The Morgan fingerprint density at radius 2 is 1.89 bits per heavy atom. The van der Waals surface area contributed by atoms with Crippen LogP contribution in [0.25, 0.3) is 0 Å². The second-order valence-corrected chi connectivity index (χ2v) is 5.35. The molecule has 0 atom stereocenters. The number of hydrogen-bond donors (Lipinski definition) is 1. The third-order valence-electron chi connectivity index (χ3n) is 3.72. The molecule has 1 fully saturated rings. The summed E-state index contributed by atoms with van der Waals surface area (Å²) < 4.78 is 0. The highest BCUT2D eigenvalue weighted by Gasteiger charge is 2.32. The zero-order valence-corrected chi connectivity index (χ0v) is 11.5. The van der Waals surface area contributed by atoms with Crippen LogP contribution in [0.15, 0.2) is 12.1 Å². The molecule has 1 aliphatic heterocycles. The molecule has 0 saturated carbocycles. The number of nitrogens with zero attached hydrogens (tertiary/aromatic N) is 2. The minimum Gasteiger partial charge on any atom is -0.399 e. The predicted octanol–water partition coefficient (Wildman–Crippen LogP) is 1.27. The van der Waals surface area contributed by atoms with Gasteiger partial charge in [0.25, 0.3) is 5.91 Å². The summed E-state index contributed by atoms with van der Waals surface area (Å²) in [6, 6.07) is 4.27. The zero-order chi connectivity index (χ0) is 13.4. The van der Waals surface area contributed by atoms with Gasteiger partial charge < -0.3 is 15.5 Å². The van der Waals surface area contributed by atoms with E-state index in [2.05, 4.69) is 4.90 Å². The van der Waals surface area contributed by atoms with E-state index in [9.17, 15) is 4.79 Å². The van der Waals surface area contributed by atoms with Crippen molar-refractivity contribution in [2.75, 3.05) is 32.9 Å². The fraction of sp³-hybridized carbons (Fsp3) is 0.500. The number of hydrogen-bond acceptors (Lipinski definition) is 3. The first-order chi connectivity index (χ1) is 8.40. The molecule has 0 unspecified atom stereocenters. The SMILES string of the molecule is Cc1cc(C(=O)N2CC(N(C)C)C2)c(C)cc1N. The molecule has 0 aromatic heterocycles. The van der Waals surface area contributed by atoms with E-state index < -0.39 is 0 Å². The van der Waals surface area contributed by atoms with Gasteiger partial charge in [0.1, 0.15) is 0 Å². The summed E-state index contributed by atoms with van der Waals surface area (Å²) in [7, 11) is 4.09. The number of amides is 1. The van der Waals surface area contributed by atoms with E-state index in [0.29, 0.717) is 6.04 Å². The third kappa shape index (κ3) is 2.20. The van der Waals surface area contributed by atoms with E-state index in [1.54, 1.807) is 0 Å². The van der Waals surface area contributed by atoms with E-state index in [0.717, 1.165) is 35.5 Å². The molecule has 1 saturated heterocycles. The molecule has 1 aromatic carbocycles. The summed E-state index contributed by atoms with van der Waals surface area (Å²) in [4.78, 5) is 16.4. The van der Waals surface area contributed by atoms with E-state index >= 15 is 0 Å². The van der Waals surface area contributed by atoms with Crippen molar-refractivity contribution in [3.8, 4) is 0 Å². The number of aryl methyl sites for hydroxylation is 2. The average Bonchev–Trinajstić information content (AvgIpc) is 2.20. The second kappa shape index (κ2) is 4.61. The molecule has 0 spiro atoms. The third-order valence-corrected chi connectivity index (χ3v) is 3.72. The van der Waals surface area contributed by atoms with Gasteiger partial charge in [-0.25, -0.2) is 0 Å². The van der Waals surface area contributed by atoms with Crippen molar-refractivity contribution in [2.24, 2.45) is 0 Å². The lowest BCUT2D eigenvalue weighted by Crippen LogP contribution is -2.59. The summed E-state index contributed by atoms with van der Waals surface area (Å²) >= 11 is 0. The summed E-state index contributed by atoms with van der Waals surface area (Å²) in [6.07, 6.45) is 0. The molecule has 1 amide bonds. The summed E-state index contributed by atoms with van der Waals surface area (Å²) in [5, 5.41) is 0. The topological polar surface area (TPSA) is 49.6 Å². The van der Waals surface area contributed by atoms with Crippen LogP contribution in [0.2, 0.25) is 0 Å². The van der Waals surface area contributed by atoms with Gasteiger partial charge in [0, 0.05) is 30.4 Å². The van der Waals surface area contributed by atoms with Crippen LogP contribution in [0, 0.1) is 13.8 Å². The van der Waals surface area contributed by atoms with Crippen LogP contribution in [-0.2, 0) is 0 Å². The van der Waals surface area contributed by atoms with Crippen molar-refractivity contribution in [3.63, 3.8) is 0 Å². The minimum absolute atomic E-state index is 0.119. The Bertz CT molecular complexity index is 476. The maximum atomic E-state index is 12.3. The highest BCUT2D eigenvalue weighted by molar-refractivity contribution is 5.97. The van der Waals surface area contributed by atoms with E-state index in [4.69, 9.17) is 5.73 Å². The van der Waals surface area contributed by atoms with Crippen LogP contribution in [0.4, 0.5) is 5.69 Å². The normalized spacial score (nSPS) is 15.9.